The van der Waals surface area contributed by atoms with Crippen molar-refractivity contribution in [2.75, 3.05) is 45.8 Å². The number of carbonyl (C=O) groups excluding carboxylic acids is 2. The van der Waals surface area contributed by atoms with Crippen molar-refractivity contribution in [3.05, 3.63) is 53.6 Å². The average molecular weight is 522 g/mol. The Morgan fingerprint density at radius 3 is 2.63 bits per heavy atom. The van der Waals surface area contributed by atoms with Crippen molar-refractivity contribution in [3.63, 3.8) is 0 Å². The Balaban J connectivity index is 1.46. The second-order valence-electron chi connectivity index (χ2n) is 10.2. The van der Waals surface area contributed by atoms with E-state index < -0.39 is 6.04 Å². The van der Waals surface area contributed by atoms with Crippen LogP contribution in [-0.4, -0.2) is 68.5 Å². The number of esters is 1. The molecule has 38 heavy (non-hydrogen) atoms. The molecule has 204 valence electrons. The molecule has 9 heteroatoms. The van der Waals surface area contributed by atoms with Gasteiger partial charge in [-0.05, 0) is 56.4 Å². The van der Waals surface area contributed by atoms with Crippen LogP contribution in [0.5, 0.6) is 5.75 Å². The molecule has 4 rings (SSSR count). The number of carbonyl (C=O) groups is 2. The predicted molar refractivity (Wildman–Crippen MR) is 149 cm³/mol. The highest BCUT2D eigenvalue weighted by Gasteiger charge is 2.35. The minimum atomic E-state index is -0.756. The molecule has 1 heterocycles. The van der Waals surface area contributed by atoms with Gasteiger partial charge in [0.1, 0.15) is 5.75 Å². The molecule has 0 spiro atoms. The van der Waals surface area contributed by atoms with Crippen LogP contribution in [0.25, 0.3) is 0 Å². The van der Waals surface area contributed by atoms with Gasteiger partial charge in [0.2, 0.25) is 5.91 Å². The van der Waals surface area contributed by atoms with Crippen molar-refractivity contribution in [2.45, 2.75) is 45.2 Å². The van der Waals surface area contributed by atoms with Crippen LogP contribution < -0.4 is 15.4 Å². The van der Waals surface area contributed by atoms with E-state index in [9.17, 15) is 9.59 Å². The predicted octanol–water partition coefficient (Wildman–Crippen LogP) is 3.85. The van der Waals surface area contributed by atoms with E-state index in [0.29, 0.717) is 37.7 Å². The summed E-state index contributed by atoms with van der Waals surface area (Å²) in [6.07, 6.45) is 3.58. The van der Waals surface area contributed by atoms with Gasteiger partial charge in [-0.15, -0.1) is 0 Å². The molecular formula is C29H39N5O4. The van der Waals surface area contributed by atoms with E-state index in [2.05, 4.69) is 4.99 Å². The molecule has 0 aromatic heterocycles. The standard InChI is InChI=1S/C29H39N5O4/c1-5-37-28(36)27(23-9-6-7-10-25(23)32(2)3)34-19-21-17-22(14-15-24(21)31-29(34)30)38-16-8-11-26(35)33(4)18-20-12-13-20/h6-7,9-10,14-15,17,20,27H,5,8,11-13,16,18-19H2,1-4H3,(H2,30,31). The lowest BCUT2D eigenvalue weighted by Crippen LogP contribution is -2.45. The number of hydrogen-bond donors (Lipinski definition) is 1. The number of hydrogen-bond acceptors (Lipinski definition) is 8. The van der Waals surface area contributed by atoms with Gasteiger partial charge in [-0.3, -0.25) is 4.79 Å². The maximum Gasteiger partial charge on any atom is 0.333 e. The Bertz CT molecular complexity index is 1180. The van der Waals surface area contributed by atoms with E-state index in [4.69, 9.17) is 15.2 Å². The highest BCUT2D eigenvalue weighted by Crippen LogP contribution is 2.36. The fraction of sp³-hybridized carbons (Fsp3) is 0.483. The van der Waals surface area contributed by atoms with Gasteiger partial charge in [-0.2, -0.15) is 0 Å². The lowest BCUT2D eigenvalue weighted by molar-refractivity contribution is -0.148. The summed E-state index contributed by atoms with van der Waals surface area (Å²) in [5.74, 6) is 1.42. The summed E-state index contributed by atoms with van der Waals surface area (Å²) in [5.41, 5.74) is 9.74. The monoisotopic (exact) mass is 521 g/mol. The van der Waals surface area contributed by atoms with Crippen LogP contribution in [0.2, 0.25) is 0 Å². The molecule has 1 aliphatic carbocycles. The molecule has 2 N–H and O–H groups in total. The summed E-state index contributed by atoms with van der Waals surface area (Å²) in [4.78, 5) is 35.7. The average Bonchev–Trinajstić information content (AvgIpc) is 3.71. The Labute approximate surface area is 225 Å². The number of nitrogens with zero attached hydrogens (tertiary/aromatic N) is 4. The van der Waals surface area contributed by atoms with Gasteiger partial charge >= 0.3 is 5.97 Å². The van der Waals surface area contributed by atoms with E-state index in [1.165, 1.54) is 12.8 Å². The van der Waals surface area contributed by atoms with E-state index >= 15 is 0 Å². The van der Waals surface area contributed by atoms with E-state index in [1.807, 2.05) is 73.4 Å². The fourth-order valence-corrected chi connectivity index (χ4v) is 4.73. The SMILES string of the molecule is CCOC(=O)C(c1ccccc1N(C)C)N1Cc2cc(OCCCC(=O)N(C)CC3CC3)ccc2N=C1N. The number of anilines is 1. The smallest absolute Gasteiger partial charge is 0.333 e. The van der Waals surface area contributed by atoms with Crippen molar-refractivity contribution in [1.82, 2.24) is 9.80 Å². The molecule has 2 aromatic carbocycles. The van der Waals surface area contributed by atoms with E-state index in [0.717, 1.165) is 29.0 Å². The summed E-state index contributed by atoms with van der Waals surface area (Å²) in [5, 5.41) is 0. The zero-order valence-electron chi connectivity index (χ0n) is 22.9. The second-order valence-corrected chi connectivity index (χ2v) is 10.2. The van der Waals surface area contributed by atoms with Gasteiger partial charge in [0.25, 0.3) is 0 Å². The van der Waals surface area contributed by atoms with Gasteiger partial charge in [0.15, 0.2) is 12.0 Å². The maximum atomic E-state index is 13.2. The van der Waals surface area contributed by atoms with Gasteiger partial charge in [0.05, 0.1) is 18.9 Å². The van der Waals surface area contributed by atoms with Crippen LogP contribution in [0.4, 0.5) is 11.4 Å². The zero-order chi connectivity index (χ0) is 27.2. The van der Waals surface area contributed by atoms with Crippen LogP contribution in [0, 0.1) is 5.92 Å². The lowest BCUT2D eigenvalue weighted by atomic mass is 10.0. The van der Waals surface area contributed by atoms with Crippen molar-refractivity contribution < 1.29 is 19.1 Å². The van der Waals surface area contributed by atoms with Gasteiger partial charge < -0.3 is 29.9 Å². The molecule has 2 aromatic rings. The summed E-state index contributed by atoms with van der Waals surface area (Å²) in [7, 11) is 5.75. The topological polar surface area (TPSA) is 101 Å². The van der Waals surface area contributed by atoms with Crippen molar-refractivity contribution in [2.24, 2.45) is 16.6 Å². The molecular weight excluding hydrogens is 482 g/mol. The van der Waals surface area contributed by atoms with Gasteiger partial charge in [-0.25, -0.2) is 9.79 Å². The Morgan fingerprint density at radius 1 is 1.16 bits per heavy atom. The second kappa shape index (κ2) is 12.2. The number of aliphatic imine (C=N–C) groups is 1. The number of fused-ring (bicyclic) bond motifs is 1. The van der Waals surface area contributed by atoms with Gasteiger partial charge in [-0.1, -0.05) is 18.2 Å². The Hall–Kier alpha value is -3.75. The first-order valence-corrected chi connectivity index (χ1v) is 13.3. The molecule has 0 saturated heterocycles. The minimum Gasteiger partial charge on any atom is -0.494 e. The van der Waals surface area contributed by atoms with Crippen LogP contribution in [0.3, 0.4) is 0 Å². The lowest BCUT2D eigenvalue weighted by Gasteiger charge is -2.35. The number of nitrogens with two attached hydrogens (primary N) is 1. The molecule has 0 radical (unpaired) electrons. The molecule has 9 nitrogen and oxygen atoms in total. The molecule has 1 atom stereocenters. The van der Waals surface area contributed by atoms with Crippen LogP contribution >= 0.6 is 0 Å². The van der Waals surface area contributed by atoms with Crippen LogP contribution in [0.1, 0.15) is 49.8 Å². The quantitative estimate of drug-likeness (QED) is 0.334. The third-order valence-electron chi connectivity index (χ3n) is 6.91. The number of rotatable bonds is 12. The maximum absolute atomic E-state index is 13.2. The minimum absolute atomic E-state index is 0.161. The molecule has 0 bridgehead atoms. The van der Waals surface area contributed by atoms with Gasteiger partial charge in [0, 0.05) is 57.5 Å². The molecule has 1 aliphatic heterocycles. The van der Waals surface area contributed by atoms with E-state index in [-0.39, 0.29) is 24.4 Å². The number of amides is 1. The summed E-state index contributed by atoms with van der Waals surface area (Å²) in [6.45, 7) is 3.72. The molecule has 1 fully saturated rings. The van der Waals surface area contributed by atoms with Crippen LogP contribution in [-0.2, 0) is 20.9 Å². The third kappa shape index (κ3) is 6.57. The molecule has 1 amide bonds. The Morgan fingerprint density at radius 2 is 1.92 bits per heavy atom. The first kappa shape index (κ1) is 27.3. The fourth-order valence-electron chi connectivity index (χ4n) is 4.73. The number of para-hydroxylation sites is 1. The number of guanidine groups is 1. The highest BCUT2D eigenvalue weighted by atomic mass is 16.5. The first-order chi connectivity index (χ1) is 18.3. The molecule has 1 saturated carbocycles. The number of ether oxygens (including phenoxy) is 2. The molecule has 1 unspecified atom stereocenters. The molecule has 2 aliphatic rings. The summed E-state index contributed by atoms with van der Waals surface area (Å²) in [6, 6.07) is 12.6. The zero-order valence-corrected chi connectivity index (χ0v) is 22.9. The van der Waals surface area contributed by atoms with Crippen molar-refractivity contribution >= 4 is 29.2 Å². The van der Waals surface area contributed by atoms with Crippen LogP contribution in [0.15, 0.2) is 47.5 Å². The summed E-state index contributed by atoms with van der Waals surface area (Å²) < 4.78 is 11.4. The normalized spacial score (nSPS) is 15.3. The van der Waals surface area contributed by atoms with Crippen molar-refractivity contribution in [1.29, 1.82) is 0 Å². The first-order valence-electron chi connectivity index (χ1n) is 13.3. The highest BCUT2D eigenvalue weighted by molar-refractivity contribution is 5.90. The van der Waals surface area contributed by atoms with Crippen molar-refractivity contribution in [3.8, 4) is 5.75 Å². The summed E-state index contributed by atoms with van der Waals surface area (Å²) >= 11 is 0. The largest absolute Gasteiger partial charge is 0.494 e. The van der Waals surface area contributed by atoms with E-state index in [1.54, 1.807) is 11.8 Å². The number of benzene rings is 2. The Kier molecular flexibility index (Phi) is 8.76. The third-order valence-corrected chi connectivity index (χ3v) is 6.91.